The predicted molar refractivity (Wildman–Crippen MR) is 52.5 cm³/mol. The predicted octanol–water partition coefficient (Wildman–Crippen LogP) is 1.32. The van der Waals surface area contributed by atoms with Gasteiger partial charge in [0.15, 0.2) is 0 Å². The van der Waals surface area contributed by atoms with Crippen LogP contribution in [0.4, 0.5) is 0 Å². The third-order valence-electron chi connectivity index (χ3n) is 1.58. The van der Waals surface area contributed by atoms with Crippen LogP contribution < -0.4 is 5.73 Å². The molecule has 0 aliphatic carbocycles. The fraction of sp³-hybridized carbons (Fsp3) is 0.875. The largest absolute Gasteiger partial charge is 0.480 e. The second kappa shape index (κ2) is 5.43. The van der Waals surface area contributed by atoms with Gasteiger partial charge in [0.25, 0.3) is 0 Å². The molecule has 0 spiro atoms. The Morgan fingerprint density at radius 1 is 1.50 bits per heavy atom. The van der Waals surface area contributed by atoms with Crippen molar-refractivity contribution in [2.24, 2.45) is 5.73 Å². The minimum Gasteiger partial charge on any atom is -0.480 e. The van der Waals surface area contributed by atoms with E-state index in [4.69, 9.17) is 10.8 Å². The van der Waals surface area contributed by atoms with Crippen molar-refractivity contribution < 1.29 is 9.90 Å². The summed E-state index contributed by atoms with van der Waals surface area (Å²) in [6.45, 7) is 4.14. The van der Waals surface area contributed by atoms with Gasteiger partial charge in [-0.3, -0.25) is 4.79 Å². The normalized spacial score (nSPS) is 11.6. The molecule has 12 heavy (non-hydrogen) atoms. The van der Waals surface area contributed by atoms with Gasteiger partial charge in [0.2, 0.25) is 0 Å². The first-order valence-electron chi connectivity index (χ1n) is 4.08. The molecule has 0 aromatic carbocycles. The number of carboxylic acid groups (broad SMARTS) is 1. The standard InChI is InChI=1S/C8H17NO2S/c1-8(2,7(10)11)12-6-4-3-5-9/h3-6,9H2,1-2H3,(H,10,11). The minimum absolute atomic E-state index is 0.658. The zero-order valence-electron chi connectivity index (χ0n) is 7.67. The molecule has 0 aromatic heterocycles. The lowest BCUT2D eigenvalue weighted by Crippen LogP contribution is -2.27. The van der Waals surface area contributed by atoms with Gasteiger partial charge in [-0.15, -0.1) is 11.8 Å². The number of rotatable bonds is 6. The van der Waals surface area contributed by atoms with Crippen molar-refractivity contribution >= 4 is 17.7 Å². The molecule has 0 unspecified atom stereocenters. The first kappa shape index (κ1) is 11.8. The molecule has 0 atom stereocenters. The van der Waals surface area contributed by atoms with Crippen molar-refractivity contribution in [3.8, 4) is 0 Å². The van der Waals surface area contributed by atoms with Crippen molar-refractivity contribution in [3.05, 3.63) is 0 Å². The topological polar surface area (TPSA) is 63.3 Å². The molecule has 0 saturated carbocycles. The Balaban J connectivity index is 3.54. The van der Waals surface area contributed by atoms with Crippen LogP contribution in [0.5, 0.6) is 0 Å². The van der Waals surface area contributed by atoms with Gasteiger partial charge in [0.1, 0.15) is 4.75 Å². The molecule has 0 saturated heterocycles. The van der Waals surface area contributed by atoms with Crippen LogP contribution in [0.15, 0.2) is 0 Å². The maximum atomic E-state index is 10.6. The van der Waals surface area contributed by atoms with E-state index >= 15 is 0 Å². The van der Waals surface area contributed by atoms with Gasteiger partial charge in [0.05, 0.1) is 0 Å². The Hall–Kier alpha value is -0.220. The maximum Gasteiger partial charge on any atom is 0.319 e. The SMILES string of the molecule is CC(C)(SCCCCN)C(=O)O. The highest BCUT2D eigenvalue weighted by Crippen LogP contribution is 2.25. The van der Waals surface area contributed by atoms with E-state index in [1.54, 1.807) is 13.8 Å². The zero-order valence-corrected chi connectivity index (χ0v) is 8.49. The van der Waals surface area contributed by atoms with Crippen molar-refractivity contribution in [2.45, 2.75) is 31.4 Å². The molecule has 0 radical (unpaired) electrons. The van der Waals surface area contributed by atoms with Crippen molar-refractivity contribution in [3.63, 3.8) is 0 Å². The third kappa shape index (κ3) is 4.62. The van der Waals surface area contributed by atoms with Gasteiger partial charge in [-0.1, -0.05) is 0 Å². The number of hydrogen-bond acceptors (Lipinski definition) is 3. The Bertz CT molecular complexity index is 148. The fourth-order valence-corrected chi connectivity index (χ4v) is 1.62. The van der Waals surface area contributed by atoms with E-state index in [9.17, 15) is 4.79 Å². The van der Waals surface area contributed by atoms with Gasteiger partial charge in [-0.05, 0) is 39.0 Å². The molecular formula is C8H17NO2S. The lowest BCUT2D eigenvalue weighted by Gasteiger charge is -2.17. The minimum atomic E-state index is -0.750. The summed E-state index contributed by atoms with van der Waals surface area (Å²) in [5.41, 5.74) is 5.31. The Labute approximate surface area is 77.7 Å². The number of aliphatic carboxylic acids is 1. The monoisotopic (exact) mass is 191 g/mol. The lowest BCUT2D eigenvalue weighted by atomic mass is 10.2. The second-order valence-corrected chi connectivity index (χ2v) is 4.88. The van der Waals surface area contributed by atoms with Gasteiger partial charge in [-0.2, -0.15) is 0 Å². The summed E-state index contributed by atoms with van der Waals surface area (Å²) < 4.78 is -0.658. The average molecular weight is 191 g/mol. The Morgan fingerprint density at radius 2 is 2.08 bits per heavy atom. The van der Waals surface area contributed by atoms with E-state index in [0.29, 0.717) is 6.54 Å². The number of unbranched alkanes of at least 4 members (excludes halogenated alkanes) is 1. The Morgan fingerprint density at radius 3 is 2.50 bits per heavy atom. The molecule has 4 heteroatoms. The molecule has 0 fully saturated rings. The maximum absolute atomic E-state index is 10.6. The summed E-state index contributed by atoms with van der Waals surface area (Å²) in [6.07, 6.45) is 1.97. The van der Waals surface area contributed by atoms with Crippen LogP contribution in [0.1, 0.15) is 26.7 Å². The summed E-state index contributed by atoms with van der Waals surface area (Å²) in [7, 11) is 0. The molecule has 3 N–H and O–H groups in total. The van der Waals surface area contributed by atoms with Gasteiger partial charge >= 0.3 is 5.97 Å². The number of nitrogens with two attached hydrogens (primary N) is 1. The first-order chi connectivity index (χ1) is 5.50. The van der Waals surface area contributed by atoms with E-state index in [1.165, 1.54) is 11.8 Å². The van der Waals surface area contributed by atoms with Crippen LogP contribution in [0.2, 0.25) is 0 Å². The smallest absolute Gasteiger partial charge is 0.319 e. The molecule has 0 amide bonds. The second-order valence-electron chi connectivity index (χ2n) is 3.16. The summed E-state index contributed by atoms with van der Waals surface area (Å²) in [6, 6.07) is 0. The van der Waals surface area contributed by atoms with Crippen molar-refractivity contribution in [1.82, 2.24) is 0 Å². The molecule has 72 valence electrons. The summed E-state index contributed by atoms with van der Waals surface area (Å²) in [5.74, 6) is 0.122. The van der Waals surface area contributed by atoms with Gasteiger partial charge in [0, 0.05) is 0 Å². The van der Waals surface area contributed by atoms with E-state index in [2.05, 4.69) is 0 Å². The number of thioether (sulfide) groups is 1. The quantitative estimate of drug-likeness (QED) is 0.622. The number of carboxylic acids is 1. The first-order valence-corrected chi connectivity index (χ1v) is 5.06. The zero-order chi connectivity index (χ0) is 9.61. The molecule has 0 heterocycles. The van der Waals surface area contributed by atoms with E-state index in [1.807, 2.05) is 0 Å². The Kier molecular flexibility index (Phi) is 5.33. The fourth-order valence-electron chi connectivity index (χ4n) is 0.635. The highest BCUT2D eigenvalue weighted by Gasteiger charge is 2.26. The molecule has 0 aromatic rings. The van der Waals surface area contributed by atoms with Crippen molar-refractivity contribution in [2.75, 3.05) is 12.3 Å². The van der Waals surface area contributed by atoms with Crippen LogP contribution in [0.3, 0.4) is 0 Å². The highest BCUT2D eigenvalue weighted by molar-refractivity contribution is 8.01. The summed E-state index contributed by atoms with van der Waals surface area (Å²) >= 11 is 1.47. The molecule has 3 nitrogen and oxygen atoms in total. The van der Waals surface area contributed by atoms with Gasteiger partial charge < -0.3 is 10.8 Å². The van der Waals surface area contributed by atoms with E-state index in [-0.39, 0.29) is 0 Å². The summed E-state index contributed by atoms with van der Waals surface area (Å²) in [5, 5.41) is 8.75. The lowest BCUT2D eigenvalue weighted by molar-refractivity contribution is -0.138. The van der Waals surface area contributed by atoms with E-state index < -0.39 is 10.7 Å². The summed E-state index contributed by atoms with van der Waals surface area (Å²) in [4.78, 5) is 10.6. The highest BCUT2D eigenvalue weighted by atomic mass is 32.2. The molecular weight excluding hydrogens is 174 g/mol. The van der Waals surface area contributed by atoms with Crippen LogP contribution in [-0.2, 0) is 4.79 Å². The molecule has 0 bridgehead atoms. The molecule has 0 rings (SSSR count). The van der Waals surface area contributed by atoms with Crippen LogP contribution >= 0.6 is 11.8 Å². The van der Waals surface area contributed by atoms with Crippen LogP contribution in [-0.4, -0.2) is 28.1 Å². The van der Waals surface area contributed by atoms with E-state index in [0.717, 1.165) is 18.6 Å². The number of carbonyl (C=O) groups is 1. The number of hydrogen-bond donors (Lipinski definition) is 2. The average Bonchev–Trinajstić information content (AvgIpc) is 1.98. The molecule has 0 aliphatic heterocycles. The van der Waals surface area contributed by atoms with Gasteiger partial charge in [-0.25, -0.2) is 0 Å². The van der Waals surface area contributed by atoms with Crippen molar-refractivity contribution in [1.29, 1.82) is 0 Å². The van der Waals surface area contributed by atoms with Crippen LogP contribution in [0.25, 0.3) is 0 Å². The third-order valence-corrected chi connectivity index (χ3v) is 2.97. The molecule has 0 aliphatic rings. The van der Waals surface area contributed by atoms with Crippen LogP contribution in [0, 0.1) is 0 Å².